The maximum absolute atomic E-state index is 14.0. The number of benzene rings is 2. The van der Waals surface area contributed by atoms with Crippen LogP contribution >= 0.6 is 0 Å². The number of anilines is 2. The topological polar surface area (TPSA) is 88.5 Å². The van der Waals surface area contributed by atoms with Crippen molar-refractivity contribution >= 4 is 36.6 Å². The van der Waals surface area contributed by atoms with Gasteiger partial charge in [0.1, 0.15) is 12.4 Å². The molecule has 9 heteroatoms. The Kier molecular flexibility index (Phi) is 6.13. The number of fused-ring (bicyclic) bond motifs is 2. The van der Waals surface area contributed by atoms with Gasteiger partial charge in [0.2, 0.25) is 0 Å². The number of hydrogen-bond donors (Lipinski definition) is 1. The summed E-state index contributed by atoms with van der Waals surface area (Å²) in [7, 11) is 1.22. The predicted octanol–water partition coefficient (Wildman–Crippen LogP) is 3.23. The molecule has 5 rings (SSSR count). The number of aliphatic hydroxyl groups excluding tert-OH is 1. The van der Waals surface area contributed by atoms with E-state index < -0.39 is 13.7 Å². The molecule has 0 bridgehead atoms. The van der Waals surface area contributed by atoms with Gasteiger partial charge in [-0.1, -0.05) is 37.3 Å². The number of cyclic esters (lactones) is 1. The Hall–Kier alpha value is -2.88. The minimum Gasteiger partial charge on any atom is -0.497 e. The Balaban J connectivity index is 1.61. The maximum Gasteiger partial charge on any atom is 0.414 e. The summed E-state index contributed by atoms with van der Waals surface area (Å²) in [6.45, 7) is 7.52. The van der Waals surface area contributed by atoms with Crippen molar-refractivity contribution in [3.05, 3.63) is 48.0 Å². The van der Waals surface area contributed by atoms with E-state index in [0.29, 0.717) is 25.3 Å². The SMILES string of the molecule is COc1ccc([Si](C)(C)[C@@H]2[C@@H](CCO)O[C@]3(C(=O)N(C)c4ccc(N5CCOC5=O)cc43)[C@H]2C)cc1. The van der Waals surface area contributed by atoms with Gasteiger partial charge in [-0.2, -0.15) is 0 Å². The molecule has 0 radical (unpaired) electrons. The van der Waals surface area contributed by atoms with Gasteiger partial charge in [-0.3, -0.25) is 9.69 Å². The van der Waals surface area contributed by atoms with Crippen LogP contribution in [0.3, 0.4) is 0 Å². The number of hydrogen-bond acceptors (Lipinski definition) is 6. The normalized spacial score (nSPS) is 27.7. The molecule has 3 aliphatic rings. The number of ether oxygens (including phenoxy) is 3. The van der Waals surface area contributed by atoms with E-state index in [1.54, 1.807) is 24.0 Å². The fourth-order valence-electron chi connectivity index (χ4n) is 6.60. The van der Waals surface area contributed by atoms with Crippen molar-refractivity contribution in [2.75, 3.05) is 43.7 Å². The third-order valence-electron chi connectivity index (χ3n) is 8.44. The molecule has 192 valence electrons. The number of nitrogens with zero attached hydrogens (tertiary/aromatic N) is 2. The van der Waals surface area contributed by atoms with Gasteiger partial charge >= 0.3 is 6.09 Å². The van der Waals surface area contributed by atoms with Gasteiger partial charge < -0.3 is 24.2 Å². The minimum atomic E-state index is -2.21. The first kappa shape index (κ1) is 24.8. The Labute approximate surface area is 212 Å². The van der Waals surface area contributed by atoms with Gasteiger partial charge in [0, 0.05) is 30.8 Å². The average Bonchev–Trinajstić information content (AvgIpc) is 3.49. The molecule has 36 heavy (non-hydrogen) atoms. The lowest BCUT2D eigenvalue weighted by molar-refractivity contribution is -0.145. The van der Waals surface area contributed by atoms with E-state index >= 15 is 0 Å². The fourth-order valence-corrected chi connectivity index (χ4v) is 10.7. The molecular weight excluding hydrogens is 476 g/mol. The van der Waals surface area contributed by atoms with Crippen LogP contribution in [0.15, 0.2) is 42.5 Å². The highest BCUT2D eigenvalue weighted by Crippen LogP contribution is 2.60. The smallest absolute Gasteiger partial charge is 0.414 e. The zero-order valence-electron chi connectivity index (χ0n) is 21.5. The van der Waals surface area contributed by atoms with Crippen molar-refractivity contribution in [2.24, 2.45) is 5.92 Å². The minimum absolute atomic E-state index is 0.0202. The molecular formula is C27H34N2O6Si. The van der Waals surface area contributed by atoms with E-state index in [1.807, 2.05) is 30.3 Å². The van der Waals surface area contributed by atoms with E-state index in [-0.39, 0.29) is 36.2 Å². The summed E-state index contributed by atoms with van der Waals surface area (Å²) in [6, 6.07) is 13.9. The standard InChI is InChI=1S/C27H34N2O6Si/c1-17-24(36(4,5)20-9-7-19(33-3)8-10-20)23(12-14-30)35-27(17)21-16-18(29-13-15-34-26(29)32)6-11-22(21)28(2)25(27)31/h6-11,16-17,23-24,30H,12-15H2,1-5H3/t17-,23+,24-,27+/m0/s1. The predicted molar refractivity (Wildman–Crippen MR) is 140 cm³/mol. The van der Waals surface area contributed by atoms with E-state index in [1.165, 1.54) is 5.19 Å². The van der Waals surface area contributed by atoms with Gasteiger partial charge in [-0.05, 0) is 42.3 Å². The zero-order valence-corrected chi connectivity index (χ0v) is 22.5. The summed E-state index contributed by atoms with van der Waals surface area (Å²) in [5.41, 5.74) is 1.16. The van der Waals surface area contributed by atoms with Crippen molar-refractivity contribution in [1.29, 1.82) is 0 Å². The third kappa shape index (κ3) is 3.48. The summed E-state index contributed by atoms with van der Waals surface area (Å²) in [6.07, 6.45) is -0.211. The summed E-state index contributed by atoms with van der Waals surface area (Å²) in [5.74, 6) is 0.558. The molecule has 3 aliphatic heterocycles. The Morgan fingerprint density at radius 1 is 1.17 bits per heavy atom. The van der Waals surface area contributed by atoms with Crippen molar-refractivity contribution in [3.63, 3.8) is 0 Å². The van der Waals surface area contributed by atoms with Gasteiger partial charge in [0.15, 0.2) is 5.60 Å². The second kappa shape index (κ2) is 8.90. The van der Waals surface area contributed by atoms with Crippen molar-refractivity contribution in [2.45, 2.75) is 43.7 Å². The van der Waals surface area contributed by atoms with Crippen LogP contribution in [0.25, 0.3) is 0 Å². The molecule has 0 unspecified atom stereocenters. The lowest BCUT2D eigenvalue weighted by atomic mass is 9.82. The van der Waals surface area contributed by atoms with Crippen LogP contribution < -0.4 is 19.7 Å². The van der Waals surface area contributed by atoms with Crippen molar-refractivity contribution in [1.82, 2.24) is 0 Å². The first-order valence-electron chi connectivity index (χ1n) is 12.5. The molecule has 4 atom stereocenters. The molecule has 2 amide bonds. The van der Waals surface area contributed by atoms with Crippen LogP contribution in [0.5, 0.6) is 5.75 Å². The van der Waals surface area contributed by atoms with Gasteiger partial charge in [-0.25, -0.2) is 4.79 Å². The average molecular weight is 511 g/mol. The monoisotopic (exact) mass is 510 g/mol. The third-order valence-corrected chi connectivity index (χ3v) is 12.8. The fraction of sp³-hybridized carbons (Fsp3) is 0.481. The quantitative estimate of drug-likeness (QED) is 0.601. The molecule has 2 aromatic carbocycles. The molecule has 0 saturated carbocycles. The van der Waals surface area contributed by atoms with Crippen LogP contribution in [0.1, 0.15) is 18.9 Å². The first-order chi connectivity index (χ1) is 17.2. The highest BCUT2D eigenvalue weighted by molar-refractivity contribution is 6.91. The number of carbonyl (C=O) groups excluding carboxylic acids is 2. The number of amides is 2. The molecule has 1 spiro atoms. The van der Waals surface area contributed by atoms with Crippen molar-refractivity contribution in [3.8, 4) is 5.75 Å². The van der Waals surface area contributed by atoms with E-state index in [0.717, 1.165) is 17.0 Å². The molecule has 0 aromatic heterocycles. The summed E-state index contributed by atoms with van der Waals surface area (Å²) >= 11 is 0. The molecule has 0 aliphatic carbocycles. The van der Waals surface area contributed by atoms with Crippen LogP contribution in [0, 0.1) is 5.92 Å². The zero-order chi connectivity index (χ0) is 25.8. The number of aliphatic hydroxyl groups is 1. The van der Waals surface area contributed by atoms with E-state index in [9.17, 15) is 14.7 Å². The second-order valence-electron chi connectivity index (χ2n) is 10.5. The summed E-state index contributed by atoms with van der Waals surface area (Å²) in [4.78, 5) is 29.5. The highest BCUT2D eigenvalue weighted by atomic mass is 28.3. The Bertz CT molecular complexity index is 1190. The van der Waals surface area contributed by atoms with Gasteiger partial charge in [0.05, 0.1) is 33.5 Å². The van der Waals surface area contributed by atoms with Crippen LogP contribution in [0.4, 0.5) is 16.2 Å². The van der Waals surface area contributed by atoms with Gasteiger partial charge in [0.25, 0.3) is 5.91 Å². The molecule has 3 heterocycles. The number of methoxy groups -OCH3 is 1. The number of carbonyl (C=O) groups is 2. The van der Waals surface area contributed by atoms with Crippen LogP contribution in [-0.2, 0) is 19.9 Å². The Morgan fingerprint density at radius 3 is 2.50 bits per heavy atom. The Morgan fingerprint density at radius 2 is 1.89 bits per heavy atom. The number of likely N-dealkylation sites (N-methyl/N-ethyl adjacent to an activating group) is 1. The van der Waals surface area contributed by atoms with E-state index in [2.05, 4.69) is 32.2 Å². The van der Waals surface area contributed by atoms with Crippen LogP contribution in [-0.4, -0.2) is 65.2 Å². The molecule has 2 saturated heterocycles. The molecule has 8 nitrogen and oxygen atoms in total. The number of rotatable bonds is 6. The highest BCUT2D eigenvalue weighted by Gasteiger charge is 2.65. The summed E-state index contributed by atoms with van der Waals surface area (Å²) < 4.78 is 17.3. The van der Waals surface area contributed by atoms with Gasteiger partial charge in [-0.15, -0.1) is 0 Å². The lowest BCUT2D eigenvalue weighted by Crippen LogP contribution is -2.51. The van der Waals surface area contributed by atoms with Crippen molar-refractivity contribution < 1.29 is 28.9 Å². The maximum atomic E-state index is 14.0. The van der Waals surface area contributed by atoms with Crippen LogP contribution in [0.2, 0.25) is 18.6 Å². The molecule has 2 fully saturated rings. The second-order valence-corrected chi connectivity index (χ2v) is 15.2. The first-order valence-corrected chi connectivity index (χ1v) is 15.5. The largest absolute Gasteiger partial charge is 0.497 e. The summed E-state index contributed by atoms with van der Waals surface area (Å²) in [5, 5.41) is 11.2. The molecule has 2 aromatic rings. The van der Waals surface area contributed by atoms with E-state index in [4.69, 9.17) is 14.2 Å². The lowest BCUT2D eigenvalue weighted by Gasteiger charge is -2.37. The molecule has 1 N–H and O–H groups in total.